The van der Waals surface area contributed by atoms with Gasteiger partial charge in [-0.05, 0) is 29.9 Å². The average molecular weight is 216 g/mol. The van der Waals surface area contributed by atoms with Crippen LogP contribution in [-0.2, 0) is 6.42 Å². The Hall–Kier alpha value is -0.990. The molecule has 0 fully saturated rings. The first-order valence-corrected chi connectivity index (χ1v) is 4.85. The molecule has 3 heteroatoms. The van der Waals surface area contributed by atoms with E-state index in [1.165, 1.54) is 6.92 Å². The minimum Gasteiger partial charge on any atom is -0.207 e. The van der Waals surface area contributed by atoms with Gasteiger partial charge in [0.15, 0.2) is 11.6 Å². The van der Waals surface area contributed by atoms with E-state index in [1.807, 2.05) is 20.8 Å². The van der Waals surface area contributed by atoms with Gasteiger partial charge in [0.05, 0.1) is 0 Å². The molecule has 1 aromatic rings. The van der Waals surface area contributed by atoms with E-state index in [0.29, 0.717) is 12.5 Å². The first-order valence-electron chi connectivity index (χ1n) is 4.85. The van der Waals surface area contributed by atoms with Crippen LogP contribution in [0.25, 0.3) is 0 Å². The predicted octanol–water partition coefficient (Wildman–Crippen LogP) is 4.00. The summed E-state index contributed by atoms with van der Waals surface area (Å²) < 4.78 is 39.6. The van der Waals surface area contributed by atoms with Gasteiger partial charge in [-0.15, -0.1) is 0 Å². The van der Waals surface area contributed by atoms with Crippen LogP contribution in [0.15, 0.2) is 6.07 Å². The number of halogens is 3. The maximum atomic E-state index is 13.4. The summed E-state index contributed by atoms with van der Waals surface area (Å²) >= 11 is 0. The van der Waals surface area contributed by atoms with Gasteiger partial charge in [0.2, 0.25) is 0 Å². The SMILES string of the molecule is Cc1c(F)cc(F)c(F)c1CC(C)(C)C. The summed E-state index contributed by atoms with van der Waals surface area (Å²) in [6.07, 6.45) is 0.319. The predicted molar refractivity (Wildman–Crippen MR) is 54.2 cm³/mol. The van der Waals surface area contributed by atoms with Gasteiger partial charge in [-0.25, -0.2) is 13.2 Å². The lowest BCUT2D eigenvalue weighted by molar-refractivity contribution is 0.390. The highest BCUT2D eigenvalue weighted by atomic mass is 19.2. The summed E-state index contributed by atoms with van der Waals surface area (Å²) in [6, 6.07) is 0.594. The van der Waals surface area contributed by atoms with Crippen molar-refractivity contribution in [3.63, 3.8) is 0 Å². The topological polar surface area (TPSA) is 0 Å². The second-order valence-electron chi connectivity index (χ2n) is 5.00. The Morgan fingerprint density at radius 2 is 1.60 bits per heavy atom. The minimum atomic E-state index is -1.11. The third-order valence-corrected chi connectivity index (χ3v) is 2.25. The number of benzene rings is 1. The van der Waals surface area contributed by atoms with Gasteiger partial charge in [0.1, 0.15) is 5.82 Å². The van der Waals surface area contributed by atoms with Crippen molar-refractivity contribution in [3.8, 4) is 0 Å². The Balaban J connectivity index is 3.27. The molecule has 0 saturated heterocycles. The molecule has 0 amide bonds. The highest BCUT2D eigenvalue weighted by molar-refractivity contribution is 5.30. The van der Waals surface area contributed by atoms with Gasteiger partial charge in [-0.1, -0.05) is 20.8 Å². The van der Waals surface area contributed by atoms with Gasteiger partial charge in [-0.3, -0.25) is 0 Å². The molecule has 0 saturated carbocycles. The van der Waals surface area contributed by atoms with Crippen LogP contribution in [0.2, 0.25) is 0 Å². The molecule has 0 nitrogen and oxygen atoms in total. The van der Waals surface area contributed by atoms with Crippen molar-refractivity contribution in [2.75, 3.05) is 0 Å². The maximum Gasteiger partial charge on any atom is 0.162 e. The molecule has 0 aromatic heterocycles. The quantitative estimate of drug-likeness (QED) is 0.622. The standard InChI is InChI=1S/C12H15F3/c1-7-8(6-12(2,3)4)11(15)10(14)5-9(7)13/h5H,6H2,1-4H3. The summed E-state index contributed by atoms with van der Waals surface area (Å²) in [5.74, 6) is -2.73. The molecule has 0 aliphatic carbocycles. The van der Waals surface area contributed by atoms with E-state index in [9.17, 15) is 13.2 Å². The van der Waals surface area contributed by atoms with Crippen molar-refractivity contribution < 1.29 is 13.2 Å². The minimum absolute atomic E-state index is 0.139. The summed E-state index contributed by atoms with van der Waals surface area (Å²) in [5.41, 5.74) is 0.134. The average Bonchev–Trinajstić information content (AvgIpc) is 2.08. The van der Waals surface area contributed by atoms with E-state index in [1.54, 1.807) is 0 Å². The van der Waals surface area contributed by atoms with Crippen LogP contribution in [-0.4, -0.2) is 0 Å². The van der Waals surface area contributed by atoms with Crippen LogP contribution < -0.4 is 0 Å². The molecule has 0 radical (unpaired) electrons. The van der Waals surface area contributed by atoms with E-state index in [4.69, 9.17) is 0 Å². The first kappa shape index (κ1) is 12.1. The van der Waals surface area contributed by atoms with E-state index < -0.39 is 17.5 Å². The first-order chi connectivity index (χ1) is 6.72. The normalized spacial score (nSPS) is 11.9. The Bertz CT molecular complexity index is 349. The second-order valence-corrected chi connectivity index (χ2v) is 5.00. The molecule has 1 aromatic carbocycles. The number of rotatable bonds is 1. The lowest BCUT2D eigenvalue weighted by atomic mass is 9.86. The molecular weight excluding hydrogens is 201 g/mol. The Kier molecular flexibility index (Phi) is 3.12. The van der Waals surface area contributed by atoms with E-state index >= 15 is 0 Å². The van der Waals surface area contributed by atoms with Crippen LogP contribution in [0.3, 0.4) is 0 Å². The zero-order valence-corrected chi connectivity index (χ0v) is 9.42. The molecule has 0 unspecified atom stereocenters. The van der Waals surface area contributed by atoms with E-state index in [2.05, 4.69) is 0 Å². The van der Waals surface area contributed by atoms with Gasteiger partial charge < -0.3 is 0 Å². The molecule has 0 bridgehead atoms. The lowest BCUT2D eigenvalue weighted by Gasteiger charge is -2.20. The molecule has 0 heterocycles. The molecule has 15 heavy (non-hydrogen) atoms. The molecule has 0 atom stereocenters. The summed E-state index contributed by atoms with van der Waals surface area (Å²) in [5, 5.41) is 0. The van der Waals surface area contributed by atoms with Gasteiger partial charge in [-0.2, -0.15) is 0 Å². The molecule has 0 aliphatic heterocycles. The Labute approximate surface area is 88.1 Å². The fourth-order valence-electron chi connectivity index (χ4n) is 1.48. The molecule has 0 spiro atoms. The Morgan fingerprint density at radius 1 is 1.07 bits per heavy atom. The molecular formula is C12H15F3. The number of hydrogen-bond acceptors (Lipinski definition) is 0. The van der Waals surface area contributed by atoms with Crippen molar-refractivity contribution in [1.82, 2.24) is 0 Å². The van der Waals surface area contributed by atoms with Crippen molar-refractivity contribution in [2.45, 2.75) is 34.1 Å². The van der Waals surface area contributed by atoms with Crippen molar-refractivity contribution >= 4 is 0 Å². The van der Waals surface area contributed by atoms with E-state index in [-0.39, 0.29) is 16.5 Å². The largest absolute Gasteiger partial charge is 0.207 e. The maximum absolute atomic E-state index is 13.4. The Morgan fingerprint density at radius 3 is 2.07 bits per heavy atom. The second kappa shape index (κ2) is 3.87. The zero-order valence-electron chi connectivity index (χ0n) is 9.42. The molecule has 0 aliphatic rings. The van der Waals surface area contributed by atoms with Crippen LogP contribution in [0, 0.1) is 29.8 Å². The van der Waals surface area contributed by atoms with Crippen LogP contribution in [0.4, 0.5) is 13.2 Å². The third kappa shape index (κ3) is 2.74. The van der Waals surface area contributed by atoms with Crippen molar-refractivity contribution in [2.24, 2.45) is 5.41 Å². The van der Waals surface area contributed by atoms with Crippen LogP contribution in [0.1, 0.15) is 31.9 Å². The van der Waals surface area contributed by atoms with Crippen LogP contribution in [0.5, 0.6) is 0 Å². The summed E-state index contributed by atoms with van der Waals surface area (Å²) in [6.45, 7) is 7.16. The van der Waals surface area contributed by atoms with Gasteiger partial charge >= 0.3 is 0 Å². The molecule has 84 valence electrons. The highest BCUT2D eigenvalue weighted by Gasteiger charge is 2.21. The molecule has 0 N–H and O–H groups in total. The monoisotopic (exact) mass is 216 g/mol. The van der Waals surface area contributed by atoms with Gasteiger partial charge in [0.25, 0.3) is 0 Å². The fraction of sp³-hybridized carbons (Fsp3) is 0.500. The highest BCUT2D eigenvalue weighted by Crippen LogP contribution is 2.27. The summed E-state index contributed by atoms with van der Waals surface area (Å²) in [4.78, 5) is 0. The third-order valence-electron chi connectivity index (χ3n) is 2.25. The lowest BCUT2D eigenvalue weighted by Crippen LogP contribution is -2.13. The zero-order chi connectivity index (χ0) is 11.8. The number of hydrogen-bond donors (Lipinski definition) is 0. The van der Waals surface area contributed by atoms with Crippen molar-refractivity contribution in [1.29, 1.82) is 0 Å². The summed E-state index contributed by atoms with van der Waals surface area (Å²) in [7, 11) is 0. The molecule has 1 rings (SSSR count). The van der Waals surface area contributed by atoms with Gasteiger partial charge in [0, 0.05) is 6.07 Å². The van der Waals surface area contributed by atoms with E-state index in [0.717, 1.165) is 0 Å². The van der Waals surface area contributed by atoms with Crippen molar-refractivity contribution in [3.05, 3.63) is 34.6 Å². The smallest absolute Gasteiger partial charge is 0.162 e. The van der Waals surface area contributed by atoms with Crippen LogP contribution >= 0.6 is 0 Å². The fourth-order valence-corrected chi connectivity index (χ4v) is 1.48.